The summed E-state index contributed by atoms with van der Waals surface area (Å²) in [5, 5.41) is 0. The third kappa shape index (κ3) is 2.86. The fraction of sp³-hybridized carbons (Fsp3) is 0.545. The van der Waals surface area contributed by atoms with Crippen LogP contribution >= 0.6 is 0 Å². The van der Waals surface area contributed by atoms with Gasteiger partial charge in [-0.3, -0.25) is 9.78 Å². The maximum Gasteiger partial charge on any atom is 0.237 e. The van der Waals surface area contributed by atoms with Crippen LogP contribution in [-0.4, -0.2) is 28.5 Å². The van der Waals surface area contributed by atoms with Crippen LogP contribution in [0.15, 0.2) is 12.4 Å². The molecular formula is C11H18N6O. The number of hydrogen-bond donors (Lipinski definition) is 3. The van der Waals surface area contributed by atoms with Gasteiger partial charge in [-0.05, 0) is 12.8 Å². The number of hydrazine groups is 1. The average Bonchev–Trinajstić information content (AvgIpc) is 2.89. The van der Waals surface area contributed by atoms with E-state index in [-0.39, 0.29) is 12.5 Å². The Morgan fingerprint density at radius 1 is 1.44 bits per heavy atom. The Balaban J connectivity index is 2.23. The van der Waals surface area contributed by atoms with E-state index in [0.717, 1.165) is 12.8 Å². The molecule has 0 unspecified atom stereocenters. The number of rotatable bonds is 5. The summed E-state index contributed by atoms with van der Waals surface area (Å²) in [4.78, 5) is 21.5. The first-order valence-electron chi connectivity index (χ1n) is 6.04. The Morgan fingerprint density at radius 3 is 2.78 bits per heavy atom. The zero-order valence-electron chi connectivity index (χ0n) is 10.2. The molecule has 7 nitrogen and oxygen atoms in total. The SMILES string of the molecule is NNc1cncc(N(CC(N)=O)C2CCCC2)n1. The fourth-order valence-electron chi connectivity index (χ4n) is 2.34. The first kappa shape index (κ1) is 12.6. The Morgan fingerprint density at radius 2 is 2.17 bits per heavy atom. The van der Waals surface area contributed by atoms with E-state index in [2.05, 4.69) is 15.4 Å². The lowest BCUT2D eigenvalue weighted by Crippen LogP contribution is -2.40. The van der Waals surface area contributed by atoms with E-state index in [1.54, 1.807) is 6.20 Å². The quantitative estimate of drug-likeness (QED) is 0.501. The third-order valence-corrected chi connectivity index (χ3v) is 3.16. The van der Waals surface area contributed by atoms with E-state index < -0.39 is 0 Å². The molecule has 0 saturated heterocycles. The highest BCUT2D eigenvalue weighted by atomic mass is 16.1. The van der Waals surface area contributed by atoms with E-state index in [0.29, 0.717) is 17.7 Å². The summed E-state index contributed by atoms with van der Waals surface area (Å²) in [5.41, 5.74) is 7.75. The highest BCUT2D eigenvalue weighted by Gasteiger charge is 2.25. The summed E-state index contributed by atoms with van der Waals surface area (Å²) in [6, 6.07) is 0.305. The average molecular weight is 250 g/mol. The number of nitrogen functional groups attached to an aromatic ring is 1. The predicted molar refractivity (Wildman–Crippen MR) is 68.6 cm³/mol. The second-order valence-electron chi connectivity index (χ2n) is 4.44. The number of hydrogen-bond acceptors (Lipinski definition) is 6. The summed E-state index contributed by atoms with van der Waals surface area (Å²) in [6.45, 7) is 0.160. The van der Waals surface area contributed by atoms with Crippen molar-refractivity contribution in [3.8, 4) is 0 Å². The minimum absolute atomic E-state index is 0.160. The molecule has 0 aromatic carbocycles. The predicted octanol–water partition coefficient (Wildman–Crippen LogP) is -0.00350. The molecule has 1 aromatic heterocycles. The van der Waals surface area contributed by atoms with Gasteiger partial charge in [0.05, 0.1) is 18.9 Å². The molecule has 18 heavy (non-hydrogen) atoms. The minimum Gasteiger partial charge on any atom is -0.368 e. The first-order valence-corrected chi connectivity index (χ1v) is 6.04. The minimum atomic E-state index is -0.366. The molecule has 1 aliphatic carbocycles. The molecule has 0 spiro atoms. The maximum absolute atomic E-state index is 11.2. The molecule has 1 aromatic rings. The molecule has 2 rings (SSSR count). The van der Waals surface area contributed by atoms with E-state index in [1.807, 2.05) is 4.90 Å². The fourth-order valence-corrected chi connectivity index (χ4v) is 2.34. The van der Waals surface area contributed by atoms with Crippen LogP contribution in [0.1, 0.15) is 25.7 Å². The maximum atomic E-state index is 11.2. The zero-order valence-corrected chi connectivity index (χ0v) is 10.2. The standard InChI is InChI=1S/C11H18N6O/c12-9(18)7-17(8-3-1-2-4-8)11-6-14-5-10(15-11)16-13/h5-6,8H,1-4,7,13H2,(H2,12,18)(H,15,16). The van der Waals surface area contributed by atoms with Crippen LogP contribution in [-0.2, 0) is 4.79 Å². The van der Waals surface area contributed by atoms with Crippen LogP contribution in [0.2, 0.25) is 0 Å². The number of nitrogens with two attached hydrogens (primary N) is 2. The van der Waals surface area contributed by atoms with Crippen molar-refractivity contribution in [2.45, 2.75) is 31.7 Å². The molecule has 7 heteroatoms. The van der Waals surface area contributed by atoms with Crippen molar-refractivity contribution in [2.75, 3.05) is 16.9 Å². The number of carbonyl (C=O) groups excluding carboxylic acids is 1. The zero-order chi connectivity index (χ0) is 13.0. The van der Waals surface area contributed by atoms with Crippen molar-refractivity contribution >= 4 is 17.5 Å². The largest absolute Gasteiger partial charge is 0.368 e. The van der Waals surface area contributed by atoms with Crippen molar-refractivity contribution in [3.05, 3.63) is 12.4 Å². The van der Waals surface area contributed by atoms with Gasteiger partial charge in [-0.25, -0.2) is 10.8 Å². The number of carbonyl (C=O) groups is 1. The van der Waals surface area contributed by atoms with E-state index in [1.165, 1.54) is 19.0 Å². The van der Waals surface area contributed by atoms with Gasteiger partial charge in [0.2, 0.25) is 5.91 Å². The van der Waals surface area contributed by atoms with Crippen LogP contribution in [0.5, 0.6) is 0 Å². The molecule has 0 aliphatic heterocycles. The summed E-state index contributed by atoms with van der Waals surface area (Å²) >= 11 is 0. The van der Waals surface area contributed by atoms with Gasteiger partial charge in [-0.2, -0.15) is 0 Å². The number of amides is 1. The van der Waals surface area contributed by atoms with Gasteiger partial charge in [0.25, 0.3) is 0 Å². The monoisotopic (exact) mass is 250 g/mol. The normalized spacial score (nSPS) is 15.6. The Labute approximate surface area is 106 Å². The summed E-state index contributed by atoms with van der Waals surface area (Å²) in [6.07, 6.45) is 7.59. The lowest BCUT2D eigenvalue weighted by Gasteiger charge is -2.28. The van der Waals surface area contributed by atoms with E-state index in [4.69, 9.17) is 11.6 Å². The Hall–Kier alpha value is -1.89. The highest BCUT2D eigenvalue weighted by molar-refractivity contribution is 5.79. The van der Waals surface area contributed by atoms with Crippen LogP contribution in [0.4, 0.5) is 11.6 Å². The summed E-state index contributed by atoms with van der Waals surface area (Å²) < 4.78 is 0. The molecule has 1 saturated carbocycles. The summed E-state index contributed by atoms with van der Waals surface area (Å²) in [7, 11) is 0. The molecular weight excluding hydrogens is 232 g/mol. The van der Waals surface area contributed by atoms with Crippen LogP contribution in [0.25, 0.3) is 0 Å². The van der Waals surface area contributed by atoms with Gasteiger partial charge >= 0.3 is 0 Å². The van der Waals surface area contributed by atoms with Gasteiger partial charge in [-0.1, -0.05) is 12.8 Å². The third-order valence-electron chi connectivity index (χ3n) is 3.16. The lowest BCUT2D eigenvalue weighted by molar-refractivity contribution is -0.116. The number of nitrogens with zero attached hydrogens (tertiary/aromatic N) is 3. The van der Waals surface area contributed by atoms with Crippen LogP contribution in [0.3, 0.4) is 0 Å². The second kappa shape index (κ2) is 5.63. The molecule has 0 atom stereocenters. The van der Waals surface area contributed by atoms with Crippen molar-refractivity contribution in [1.29, 1.82) is 0 Å². The molecule has 1 aliphatic rings. The molecule has 1 fully saturated rings. The van der Waals surface area contributed by atoms with E-state index >= 15 is 0 Å². The van der Waals surface area contributed by atoms with Crippen molar-refractivity contribution in [1.82, 2.24) is 9.97 Å². The number of primary amides is 1. The number of nitrogens with one attached hydrogen (secondary N) is 1. The summed E-state index contributed by atoms with van der Waals surface area (Å²) in [5.74, 6) is 6.05. The highest BCUT2D eigenvalue weighted by Crippen LogP contribution is 2.26. The molecule has 0 radical (unpaired) electrons. The van der Waals surface area contributed by atoms with Crippen LogP contribution < -0.4 is 21.9 Å². The van der Waals surface area contributed by atoms with Gasteiger partial charge < -0.3 is 16.1 Å². The first-order chi connectivity index (χ1) is 8.70. The van der Waals surface area contributed by atoms with Gasteiger partial charge in [0, 0.05) is 6.04 Å². The van der Waals surface area contributed by atoms with Crippen molar-refractivity contribution < 1.29 is 4.79 Å². The molecule has 98 valence electrons. The van der Waals surface area contributed by atoms with Crippen molar-refractivity contribution in [2.24, 2.45) is 11.6 Å². The lowest BCUT2D eigenvalue weighted by atomic mass is 10.2. The van der Waals surface area contributed by atoms with Gasteiger partial charge in [0.1, 0.15) is 5.82 Å². The van der Waals surface area contributed by atoms with Crippen molar-refractivity contribution in [3.63, 3.8) is 0 Å². The van der Waals surface area contributed by atoms with E-state index in [9.17, 15) is 4.79 Å². The second-order valence-corrected chi connectivity index (χ2v) is 4.44. The molecule has 1 amide bonds. The number of anilines is 2. The van der Waals surface area contributed by atoms with Gasteiger partial charge in [-0.15, -0.1) is 0 Å². The molecule has 0 bridgehead atoms. The Bertz CT molecular complexity index is 418. The molecule has 1 heterocycles. The topological polar surface area (TPSA) is 110 Å². The van der Waals surface area contributed by atoms with Crippen LogP contribution in [0, 0.1) is 0 Å². The Kier molecular flexibility index (Phi) is 3.93. The van der Waals surface area contributed by atoms with Gasteiger partial charge in [0.15, 0.2) is 5.82 Å². The number of aromatic nitrogens is 2. The molecule has 5 N–H and O–H groups in total. The smallest absolute Gasteiger partial charge is 0.237 e.